The average molecular weight is 277 g/mol. The van der Waals surface area contributed by atoms with E-state index in [0.29, 0.717) is 18.0 Å². The van der Waals surface area contributed by atoms with Gasteiger partial charge in [-0.15, -0.1) is 0 Å². The van der Waals surface area contributed by atoms with Crippen molar-refractivity contribution in [3.8, 4) is 0 Å². The summed E-state index contributed by atoms with van der Waals surface area (Å²) < 4.78 is 0. The van der Waals surface area contributed by atoms with Gasteiger partial charge >= 0.3 is 0 Å². The number of nitrogens with zero attached hydrogens (tertiary/aromatic N) is 1. The van der Waals surface area contributed by atoms with Gasteiger partial charge in [-0.25, -0.2) is 0 Å². The fourth-order valence-electron chi connectivity index (χ4n) is 2.25. The summed E-state index contributed by atoms with van der Waals surface area (Å²) in [6.07, 6.45) is 0.977. The first-order valence-corrected chi connectivity index (χ1v) is 7.17. The number of carbonyl (C=O) groups excluding carboxylic acids is 1. The minimum atomic E-state index is -0.0129. The van der Waals surface area contributed by atoms with Crippen LogP contribution in [0.15, 0.2) is 24.3 Å². The third-order valence-corrected chi connectivity index (χ3v) is 3.13. The molecule has 0 saturated heterocycles. The van der Waals surface area contributed by atoms with Crippen LogP contribution in [-0.2, 0) is 6.54 Å². The van der Waals surface area contributed by atoms with E-state index in [1.165, 1.54) is 0 Å². The number of amides is 1. The fourth-order valence-corrected chi connectivity index (χ4v) is 2.25. The lowest BCUT2D eigenvalue weighted by Gasteiger charge is -2.24. The predicted octanol–water partition coefficient (Wildman–Crippen LogP) is 1.85. The highest BCUT2D eigenvalue weighted by molar-refractivity contribution is 5.94. The molecule has 0 aliphatic rings. The van der Waals surface area contributed by atoms with E-state index in [4.69, 9.17) is 5.73 Å². The Balaban J connectivity index is 2.68. The molecule has 1 aromatic carbocycles. The van der Waals surface area contributed by atoms with Crippen LogP contribution in [0, 0.1) is 5.92 Å². The quantitative estimate of drug-likeness (QED) is 0.799. The molecular formula is C16H27N3O. The highest BCUT2D eigenvalue weighted by atomic mass is 16.1. The predicted molar refractivity (Wildman–Crippen MR) is 83.6 cm³/mol. The maximum atomic E-state index is 12.3. The maximum Gasteiger partial charge on any atom is 0.251 e. The van der Waals surface area contributed by atoms with Crippen molar-refractivity contribution in [2.45, 2.75) is 32.9 Å². The first kappa shape index (κ1) is 16.7. The monoisotopic (exact) mass is 277 g/mol. The number of likely N-dealkylation sites (N-methyl/N-ethyl adjacent to an activating group) is 1. The van der Waals surface area contributed by atoms with E-state index in [1.54, 1.807) is 0 Å². The summed E-state index contributed by atoms with van der Waals surface area (Å²) >= 11 is 0. The van der Waals surface area contributed by atoms with Crippen molar-refractivity contribution in [1.29, 1.82) is 0 Å². The van der Waals surface area contributed by atoms with Crippen molar-refractivity contribution in [1.82, 2.24) is 10.2 Å². The maximum absolute atomic E-state index is 12.3. The van der Waals surface area contributed by atoms with Crippen molar-refractivity contribution in [3.63, 3.8) is 0 Å². The zero-order valence-electron chi connectivity index (χ0n) is 13.0. The van der Waals surface area contributed by atoms with Crippen LogP contribution in [0.2, 0.25) is 0 Å². The topological polar surface area (TPSA) is 58.4 Å². The van der Waals surface area contributed by atoms with E-state index >= 15 is 0 Å². The van der Waals surface area contributed by atoms with E-state index in [1.807, 2.05) is 38.4 Å². The molecule has 0 aromatic heterocycles. The number of benzene rings is 1. The van der Waals surface area contributed by atoms with Crippen molar-refractivity contribution in [2.75, 3.05) is 20.6 Å². The molecule has 0 aliphatic carbocycles. The molecule has 112 valence electrons. The Labute approximate surface area is 122 Å². The van der Waals surface area contributed by atoms with Gasteiger partial charge in [0.1, 0.15) is 0 Å². The highest BCUT2D eigenvalue weighted by Gasteiger charge is 2.16. The summed E-state index contributed by atoms with van der Waals surface area (Å²) in [6, 6.07) is 7.64. The van der Waals surface area contributed by atoms with Crippen LogP contribution in [0.1, 0.15) is 36.2 Å². The molecule has 0 heterocycles. The second-order valence-corrected chi connectivity index (χ2v) is 5.96. The minimum absolute atomic E-state index is 0.0129. The van der Waals surface area contributed by atoms with Gasteiger partial charge in [-0.3, -0.25) is 4.79 Å². The average Bonchev–Trinajstić information content (AvgIpc) is 2.37. The Bertz CT molecular complexity index is 402. The molecule has 4 nitrogen and oxygen atoms in total. The summed E-state index contributed by atoms with van der Waals surface area (Å²) in [6.45, 7) is 5.69. The van der Waals surface area contributed by atoms with Crippen molar-refractivity contribution >= 4 is 5.91 Å². The molecule has 1 atom stereocenters. The smallest absolute Gasteiger partial charge is 0.251 e. The highest BCUT2D eigenvalue weighted by Crippen LogP contribution is 2.08. The number of hydrogen-bond acceptors (Lipinski definition) is 3. The van der Waals surface area contributed by atoms with Gasteiger partial charge in [-0.05, 0) is 44.1 Å². The zero-order valence-corrected chi connectivity index (χ0v) is 13.0. The van der Waals surface area contributed by atoms with Gasteiger partial charge in [0, 0.05) is 24.7 Å². The minimum Gasteiger partial charge on any atom is -0.348 e. The lowest BCUT2D eigenvalue weighted by Crippen LogP contribution is -2.42. The summed E-state index contributed by atoms with van der Waals surface area (Å²) in [4.78, 5) is 14.4. The second kappa shape index (κ2) is 8.02. The first-order chi connectivity index (χ1) is 9.42. The summed E-state index contributed by atoms with van der Waals surface area (Å²) in [7, 11) is 4.05. The molecule has 0 saturated carbocycles. The van der Waals surface area contributed by atoms with Crippen molar-refractivity contribution in [2.24, 2.45) is 11.7 Å². The normalized spacial score (nSPS) is 12.8. The fraction of sp³-hybridized carbons (Fsp3) is 0.562. The van der Waals surface area contributed by atoms with Crippen LogP contribution in [0.25, 0.3) is 0 Å². The molecule has 0 radical (unpaired) electrons. The number of carbonyl (C=O) groups is 1. The third-order valence-electron chi connectivity index (χ3n) is 3.13. The Morgan fingerprint density at radius 1 is 1.25 bits per heavy atom. The molecule has 1 aromatic rings. The molecule has 0 spiro atoms. The van der Waals surface area contributed by atoms with E-state index in [9.17, 15) is 4.79 Å². The van der Waals surface area contributed by atoms with Crippen molar-refractivity contribution < 1.29 is 4.79 Å². The SMILES string of the molecule is CC(C)CC(CN(C)C)NC(=O)c1ccc(CN)cc1. The Hall–Kier alpha value is -1.39. The van der Waals surface area contributed by atoms with Gasteiger partial charge in [0.15, 0.2) is 0 Å². The van der Waals surface area contributed by atoms with E-state index in [2.05, 4.69) is 24.1 Å². The van der Waals surface area contributed by atoms with E-state index in [-0.39, 0.29) is 11.9 Å². The number of rotatable bonds is 7. The molecular weight excluding hydrogens is 250 g/mol. The van der Waals surface area contributed by atoms with Gasteiger partial charge < -0.3 is 16.0 Å². The van der Waals surface area contributed by atoms with Gasteiger partial charge in [0.2, 0.25) is 0 Å². The Kier molecular flexibility index (Phi) is 6.68. The largest absolute Gasteiger partial charge is 0.348 e. The molecule has 4 heteroatoms. The van der Waals surface area contributed by atoms with Crippen LogP contribution >= 0.6 is 0 Å². The van der Waals surface area contributed by atoms with Crippen LogP contribution in [-0.4, -0.2) is 37.5 Å². The van der Waals surface area contributed by atoms with Gasteiger partial charge in [0.05, 0.1) is 0 Å². The summed E-state index contributed by atoms with van der Waals surface area (Å²) in [5.41, 5.74) is 7.29. The molecule has 0 bridgehead atoms. The lowest BCUT2D eigenvalue weighted by molar-refractivity contribution is 0.0924. The Morgan fingerprint density at radius 2 is 1.85 bits per heavy atom. The third kappa shape index (κ3) is 5.72. The molecule has 1 rings (SSSR count). The second-order valence-electron chi connectivity index (χ2n) is 5.96. The van der Waals surface area contributed by atoms with Gasteiger partial charge in [-0.1, -0.05) is 26.0 Å². The van der Waals surface area contributed by atoms with Crippen LogP contribution in [0.3, 0.4) is 0 Å². The number of nitrogens with one attached hydrogen (secondary N) is 1. The molecule has 1 amide bonds. The van der Waals surface area contributed by atoms with E-state index in [0.717, 1.165) is 18.5 Å². The van der Waals surface area contributed by atoms with Gasteiger partial charge in [-0.2, -0.15) is 0 Å². The molecule has 1 unspecified atom stereocenters. The van der Waals surface area contributed by atoms with Crippen LogP contribution in [0.4, 0.5) is 0 Å². The lowest BCUT2D eigenvalue weighted by atomic mass is 10.0. The number of nitrogens with two attached hydrogens (primary N) is 1. The molecule has 20 heavy (non-hydrogen) atoms. The first-order valence-electron chi connectivity index (χ1n) is 7.17. The standard InChI is InChI=1S/C16H27N3O/c1-12(2)9-15(11-19(3)4)18-16(20)14-7-5-13(10-17)6-8-14/h5-8,12,15H,9-11,17H2,1-4H3,(H,18,20). The van der Waals surface area contributed by atoms with Crippen LogP contribution in [0.5, 0.6) is 0 Å². The van der Waals surface area contributed by atoms with E-state index < -0.39 is 0 Å². The molecule has 3 N–H and O–H groups in total. The summed E-state index contributed by atoms with van der Waals surface area (Å²) in [5, 5.41) is 3.12. The zero-order chi connectivity index (χ0) is 15.1. The van der Waals surface area contributed by atoms with Crippen LogP contribution < -0.4 is 11.1 Å². The molecule has 0 fully saturated rings. The summed E-state index contributed by atoms with van der Waals surface area (Å²) in [5.74, 6) is 0.543. The molecule has 0 aliphatic heterocycles. The number of hydrogen-bond donors (Lipinski definition) is 2. The van der Waals surface area contributed by atoms with Gasteiger partial charge in [0.25, 0.3) is 5.91 Å². The van der Waals surface area contributed by atoms with Crippen molar-refractivity contribution in [3.05, 3.63) is 35.4 Å². The Morgan fingerprint density at radius 3 is 2.30 bits per heavy atom.